The summed E-state index contributed by atoms with van der Waals surface area (Å²) >= 11 is 0. The Balaban J connectivity index is 1.65. The summed E-state index contributed by atoms with van der Waals surface area (Å²) < 4.78 is 4.25. The molecule has 0 spiro atoms. The first-order chi connectivity index (χ1) is 13.7. The maximum Gasteiger partial charge on any atom is 0.151 e. The molecule has 0 amide bonds. The van der Waals surface area contributed by atoms with E-state index in [0.29, 0.717) is 6.04 Å². The minimum Gasteiger partial charge on any atom is -0.334 e. The van der Waals surface area contributed by atoms with Gasteiger partial charge in [0.1, 0.15) is 5.82 Å². The maximum absolute atomic E-state index is 5.02. The van der Waals surface area contributed by atoms with Crippen LogP contribution in [-0.4, -0.2) is 24.3 Å². The molecule has 0 saturated heterocycles. The summed E-state index contributed by atoms with van der Waals surface area (Å²) in [6.07, 6.45) is 15.3. The number of aryl methyl sites for hydroxylation is 1. The predicted octanol–water partition coefficient (Wildman–Crippen LogP) is 4.95. The first kappa shape index (κ1) is 18.9. The van der Waals surface area contributed by atoms with Gasteiger partial charge in [0, 0.05) is 31.3 Å². The van der Waals surface area contributed by atoms with Crippen molar-refractivity contribution >= 4 is 0 Å². The van der Waals surface area contributed by atoms with Gasteiger partial charge in [-0.3, -0.25) is 0 Å². The number of para-hydroxylation sites is 1. The molecule has 2 heterocycles. The SMILES string of the molecule is CCc1ccccc1-n1nc(CC2CCCCC2)nc1CC(C)n1ccnc1. The first-order valence-electron chi connectivity index (χ1n) is 10.7. The van der Waals surface area contributed by atoms with Crippen LogP contribution in [0.3, 0.4) is 0 Å². The van der Waals surface area contributed by atoms with Crippen LogP contribution in [0.4, 0.5) is 0 Å². The lowest BCUT2D eigenvalue weighted by Gasteiger charge is -2.19. The van der Waals surface area contributed by atoms with Gasteiger partial charge in [-0.2, -0.15) is 5.10 Å². The zero-order valence-electron chi connectivity index (χ0n) is 17.1. The molecule has 3 aromatic rings. The molecule has 0 radical (unpaired) electrons. The molecule has 148 valence electrons. The van der Waals surface area contributed by atoms with E-state index in [9.17, 15) is 0 Å². The maximum atomic E-state index is 5.02. The zero-order chi connectivity index (χ0) is 19.3. The average molecular weight is 378 g/mol. The topological polar surface area (TPSA) is 48.5 Å². The molecule has 1 fully saturated rings. The van der Waals surface area contributed by atoms with Crippen molar-refractivity contribution in [2.24, 2.45) is 5.92 Å². The fourth-order valence-corrected chi connectivity index (χ4v) is 4.37. The van der Waals surface area contributed by atoms with E-state index < -0.39 is 0 Å². The minimum absolute atomic E-state index is 0.293. The number of rotatable bonds is 7. The van der Waals surface area contributed by atoms with Gasteiger partial charge in [-0.1, -0.05) is 57.2 Å². The Hall–Kier alpha value is -2.43. The minimum atomic E-state index is 0.293. The molecular formula is C23H31N5. The Kier molecular flexibility index (Phi) is 5.89. The predicted molar refractivity (Wildman–Crippen MR) is 112 cm³/mol. The second-order valence-electron chi connectivity index (χ2n) is 8.11. The van der Waals surface area contributed by atoms with E-state index in [0.717, 1.165) is 36.8 Å². The van der Waals surface area contributed by atoms with Gasteiger partial charge in [0.2, 0.25) is 0 Å². The van der Waals surface area contributed by atoms with Crippen LogP contribution in [0.15, 0.2) is 43.0 Å². The molecule has 1 aromatic carbocycles. The molecule has 1 aliphatic carbocycles. The molecule has 28 heavy (non-hydrogen) atoms. The third kappa shape index (κ3) is 4.18. The summed E-state index contributed by atoms with van der Waals surface area (Å²) in [7, 11) is 0. The van der Waals surface area contributed by atoms with Crippen molar-refractivity contribution in [1.82, 2.24) is 24.3 Å². The quantitative estimate of drug-likeness (QED) is 0.585. The lowest BCUT2D eigenvalue weighted by atomic mass is 9.87. The van der Waals surface area contributed by atoms with Gasteiger partial charge in [-0.25, -0.2) is 14.6 Å². The summed E-state index contributed by atoms with van der Waals surface area (Å²) in [5.41, 5.74) is 2.48. The molecule has 5 heteroatoms. The number of nitrogens with zero attached hydrogens (tertiary/aromatic N) is 5. The zero-order valence-corrected chi connectivity index (χ0v) is 17.1. The molecule has 1 aliphatic rings. The van der Waals surface area contributed by atoms with Crippen molar-refractivity contribution in [3.8, 4) is 5.69 Å². The summed E-state index contributed by atoms with van der Waals surface area (Å²) in [6, 6.07) is 8.86. The van der Waals surface area contributed by atoms with E-state index in [1.54, 1.807) is 0 Å². The third-order valence-corrected chi connectivity index (χ3v) is 6.03. The number of imidazole rings is 1. The standard InChI is InChI=1S/C23H31N5/c1-3-20-11-7-8-12-21(20)28-23(15-18(2)27-14-13-24-17-27)25-22(26-28)16-19-9-5-4-6-10-19/h7-8,11-14,17-19H,3-6,9-10,15-16H2,1-2H3. The number of benzene rings is 1. The number of hydrogen-bond acceptors (Lipinski definition) is 3. The Morgan fingerprint density at radius 3 is 2.71 bits per heavy atom. The molecule has 0 aliphatic heterocycles. The van der Waals surface area contributed by atoms with Crippen molar-refractivity contribution in [2.75, 3.05) is 0 Å². The summed E-state index contributed by atoms with van der Waals surface area (Å²) in [4.78, 5) is 9.22. The van der Waals surface area contributed by atoms with Gasteiger partial charge < -0.3 is 4.57 Å². The van der Waals surface area contributed by atoms with Crippen LogP contribution >= 0.6 is 0 Å². The molecule has 1 unspecified atom stereocenters. The van der Waals surface area contributed by atoms with Crippen molar-refractivity contribution < 1.29 is 0 Å². The second kappa shape index (κ2) is 8.72. The average Bonchev–Trinajstić information content (AvgIpc) is 3.39. The third-order valence-electron chi connectivity index (χ3n) is 6.03. The van der Waals surface area contributed by atoms with Crippen LogP contribution in [0.1, 0.15) is 69.2 Å². The van der Waals surface area contributed by atoms with E-state index >= 15 is 0 Å². The Morgan fingerprint density at radius 1 is 1.14 bits per heavy atom. The Morgan fingerprint density at radius 2 is 1.96 bits per heavy atom. The fraction of sp³-hybridized carbons (Fsp3) is 0.522. The van der Waals surface area contributed by atoms with E-state index in [4.69, 9.17) is 10.1 Å². The van der Waals surface area contributed by atoms with Crippen molar-refractivity contribution in [3.63, 3.8) is 0 Å². The fourth-order valence-electron chi connectivity index (χ4n) is 4.37. The normalized spacial score (nSPS) is 16.4. The summed E-state index contributed by atoms with van der Waals surface area (Å²) in [6.45, 7) is 4.42. The van der Waals surface area contributed by atoms with Gasteiger partial charge in [0.15, 0.2) is 5.82 Å². The molecule has 1 atom stereocenters. The van der Waals surface area contributed by atoms with Crippen molar-refractivity contribution in [2.45, 2.75) is 71.3 Å². The highest BCUT2D eigenvalue weighted by molar-refractivity contribution is 5.41. The van der Waals surface area contributed by atoms with Crippen LogP contribution in [-0.2, 0) is 19.3 Å². The van der Waals surface area contributed by atoms with E-state index in [1.165, 1.54) is 43.4 Å². The number of aromatic nitrogens is 5. The largest absolute Gasteiger partial charge is 0.334 e. The van der Waals surface area contributed by atoms with E-state index in [1.807, 2.05) is 18.7 Å². The lowest BCUT2D eigenvalue weighted by molar-refractivity contribution is 0.351. The molecular weight excluding hydrogens is 346 g/mol. The molecule has 5 nitrogen and oxygen atoms in total. The van der Waals surface area contributed by atoms with E-state index in [2.05, 4.69) is 52.3 Å². The molecule has 0 bridgehead atoms. The first-order valence-corrected chi connectivity index (χ1v) is 10.7. The highest BCUT2D eigenvalue weighted by Crippen LogP contribution is 2.27. The van der Waals surface area contributed by atoms with Crippen molar-refractivity contribution in [1.29, 1.82) is 0 Å². The van der Waals surface area contributed by atoms with Gasteiger partial charge in [-0.05, 0) is 30.9 Å². The van der Waals surface area contributed by atoms with Gasteiger partial charge in [0.05, 0.1) is 12.0 Å². The van der Waals surface area contributed by atoms with Crippen LogP contribution in [0.25, 0.3) is 5.69 Å². The smallest absolute Gasteiger partial charge is 0.151 e. The molecule has 1 saturated carbocycles. The van der Waals surface area contributed by atoms with E-state index in [-0.39, 0.29) is 0 Å². The van der Waals surface area contributed by atoms with Crippen LogP contribution < -0.4 is 0 Å². The van der Waals surface area contributed by atoms with Gasteiger partial charge >= 0.3 is 0 Å². The van der Waals surface area contributed by atoms with Crippen LogP contribution in [0.2, 0.25) is 0 Å². The van der Waals surface area contributed by atoms with Crippen molar-refractivity contribution in [3.05, 3.63) is 60.2 Å². The lowest BCUT2D eigenvalue weighted by Crippen LogP contribution is -2.12. The second-order valence-corrected chi connectivity index (χ2v) is 8.11. The summed E-state index contributed by atoms with van der Waals surface area (Å²) in [5.74, 6) is 2.79. The Bertz CT molecular complexity index is 874. The van der Waals surface area contributed by atoms with Crippen LogP contribution in [0.5, 0.6) is 0 Å². The monoisotopic (exact) mass is 377 g/mol. The van der Waals surface area contributed by atoms with Gasteiger partial charge in [0.25, 0.3) is 0 Å². The van der Waals surface area contributed by atoms with Gasteiger partial charge in [-0.15, -0.1) is 0 Å². The molecule has 2 aromatic heterocycles. The highest BCUT2D eigenvalue weighted by Gasteiger charge is 2.20. The molecule has 4 rings (SSSR count). The highest BCUT2D eigenvalue weighted by atomic mass is 15.4. The van der Waals surface area contributed by atoms with Crippen LogP contribution in [0, 0.1) is 5.92 Å². The number of hydrogen-bond donors (Lipinski definition) is 0. The Labute approximate surface area is 167 Å². The summed E-state index contributed by atoms with van der Waals surface area (Å²) in [5, 5.41) is 5.00. The molecule has 0 N–H and O–H groups in total.